The maximum absolute atomic E-state index is 11.3. The van der Waals surface area contributed by atoms with Crippen LogP contribution in [-0.4, -0.2) is 28.7 Å². The van der Waals surface area contributed by atoms with Crippen LogP contribution < -0.4 is 0 Å². The average Bonchev–Trinajstić information content (AvgIpc) is 2.59. The summed E-state index contributed by atoms with van der Waals surface area (Å²) in [6.45, 7) is 1.63. The number of carboxylic acid groups (broad SMARTS) is 1. The molecule has 0 amide bonds. The molecule has 1 N–H and O–H groups in total. The number of hydrogen-bond donors (Lipinski definition) is 1. The first-order valence-corrected chi connectivity index (χ1v) is 4.93. The number of carbonyl (C=O) groups excluding carboxylic acids is 1. The molecule has 16 heavy (non-hydrogen) atoms. The molecule has 0 aliphatic carbocycles. The summed E-state index contributed by atoms with van der Waals surface area (Å²) in [6.07, 6.45) is 0.392. The minimum atomic E-state index is -0.846. The summed E-state index contributed by atoms with van der Waals surface area (Å²) in [5.41, 5.74) is 1.23. The molecule has 0 saturated heterocycles. The number of carbonyl (C=O) groups is 2. The molecule has 1 aromatic heterocycles. The van der Waals surface area contributed by atoms with Crippen molar-refractivity contribution in [2.45, 2.75) is 13.3 Å². The Bertz CT molecular complexity index is 408. The number of carboxylic acids is 1. The second kappa shape index (κ2) is 4.83. The first-order valence-electron chi connectivity index (χ1n) is 4.93. The highest BCUT2D eigenvalue weighted by Gasteiger charge is 2.17. The molecule has 1 rings (SSSR count). The molecule has 5 nitrogen and oxygen atoms in total. The third-order valence-corrected chi connectivity index (χ3v) is 2.56. The van der Waals surface area contributed by atoms with Crippen molar-refractivity contribution in [3.8, 4) is 0 Å². The lowest BCUT2D eigenvalue weighted by Crippen LogP contribution is -2.15. The minimum absolute atomic E-state index is 0.392. The maximum Gasteiger partial charge on any atom is 0.354 e. The van der Waals surface area contributed by atoms with Crippen LogP contribution >= 0.6 is 0 Å². The smallest absolute Gasteiger partial charge is 0.354 e. The molecule has 0 aliphatic rings. The molecule has 0 aliphatic heterocycles. The van der Waals surface area contributed by atoms with Gasteiger partial charge in [-0.15, -0.1) is 0 Å². The number of nitrogens with zero attached hydrogens (tertiary/aromatic N) is 1. The summed E-state index contributed by atoms with van der Waals surface area (Å²) in [6, 6.07) is 3.38. The van der Waals surface area contributed by atoms with E-state index in [9.17, 15) is 9.59 Å². The highest BCUT2D eigenvalue weighted by molar-refractivity contribution is 5.87. The fourth-order valence-corrected chi connectivity index (χ4v) is 1.47. The van der Waals surface area contributed by atoms with E-state index in [2.05, 4.69) is 4.74 Å². The van der Waals surface area contributed by atoms with Crippen molar-refractivity contribution in [2.75, 3.05) is 7.11 Å². The normalized spacial score (nSPS) is 12.2. The van der Waals surface area contributed by atoms with Crippen LogP contribution in [0, 0.1) is 5.92 Å². The number of hydrogen-bond acceptors (Lipinski definition) is 3. The molecule has 5 heteroatoms. The summed E-state index contributed by atoms with van der Waals surface area (Å²) in [4.78, 5) is 22.0. The Kier molecular flexibility index (Phi) is 3.71. The molecule has 1 unspecified atom stereocenters. The van der Waals surface area contributed by atoms with Crippen LogP contribution in [0.2, 0.25) is 0 Å². The van der Waals surface area contributed by atoms with Crippen LogP contribution in [0.1, 0.15) is 23.1 Å². The van der Waals surface area contributed by atoms with Crippen molar-refractivity contribution in [2.24, 2.45) is 13.0 Å². The van der Waals surface area contributed by atoms with Gasteiger partial charge in [0.2, 0.25) is 0 Å². The van der Waals surface area contributed by atoms with Gasteiger partial charge < -0.3 is 14.4 Å². The first kappa shape index (κ1) is 12.3. The SMILES string of the molecule is COC(=O)c1ccc(CC(C)C(=O)O)n1C. The van der Waals surface area contributed by atoms with Crippen molar-refractivity contribution in [3.63, 3.8) is 0 Å². The molecular weight excluding hydrogens is 210 g/mol. The molecule has 1 heterocycles. The monoisotopic (exact) mass is 225 g/mol. The standard InChI is InChI=1S/C11H15NO4/c1-7(10(13)14)6-8-4-5-9(12(8)2)11(15)16-3/h4-5,7H,6H2,1-3H3,(H,13,14). The van der Waals surface area contributed by atoms with Crippen LogP contribution in [0.15, 0.2) is 12.1 Å². The molecule has 88 valence electrons. The van der Waals surface area contributed by atoms with Gasteiger partial charge >= 0.3 is 11.9 Å². The second-order valence-electron chi connectivity index (χ2n) is 3.70. The van der Waals surface area contributed by atoms with Crippen molar-refractivity contribution in [1.29, 1.82) is 0 Å². The van der Waals surface area contributed by atoms with Gasteiger partial charge in [-0.05, 0) is 12.1 Å². The van der Waals surface area contributed by atoms with Gasteiger partial charge in [-0.2, -0.15) is 0 Å². The fraction of sp³-hybridized carbons (Fsp3) is 0.455. The van der Waals surface area contributed by atoms with Crippen molar-refractivity contribution in [1.82, 2.24) is 4.57 Å². The largest absolute Gasteiger partial charge is 0.481 e. The Morgan fingerprint density at radius 1 is 1.50 bits per heavy atom. The van der Waals surface area contributed by atoms with Gasteiger partial charge in [0.15, 0.2) is 0 Å². The van der Waals surface area contributed by atoms with E-state index in [0.29, 0.717) is 12.1 Å². The van der Waals surface area contributed by atoms with Crippen LogP contribution in [0.3, 0.4) is 0 Å². The third kappa shape index (κ3) is 2.42. The highest BCUT2D eigenvalue weighted by atomic mass is 16.5. The van der Waals surface area contributed by atoms with Gasteiger partial charge in [0.1, 0.15) is 5.69 Å². The maximum atomic E-state index is 11.3. The van der Waals surface area contributed by atoms with Crippen LogP contribution in [-0.2, 0) is 23.0 Å². The quantitative estimate of drug-likeness (QED) is 0.778. The minimum Gasteiger partial charge on any atom is -0.481 e. The molecule has 0 radical (unpaired) electrons. The zero-order chi connectivity index (χ0) is 12.3. The van der Waals surface area contributed by atoms with E-state index < -0.39 is 17.9 Å². The molecule has 0 saturated carbocycles. The van der Waals surface area contributed by atoms with Crippen molar-refractivity contribution >= 4 is 11.9 Å². The topological polar surface area (TPSA) is 68.5 Å². The molecule has 0 aromatic carbocycles. The van der Waals surface area contributed by atoms with E-state index in [4.69, 9.17) is 5.11 Å². The van der Waals surface area contributed by atoms with Crippen LogP contribution in [0.4, 0.5) is 0 Å². The lowest BCUT2D eigenvalue weighted by molar-refractivity contribution is -0.141. The predicted molar refractivity (Wildman–Crippen MR) is 57.3 cm³/mol. The lowest BCUT2D eigenvalue weighted by atomic mass is 10.1. The first-order chi connectivity index (χ1) is 7.47. The molecule has 0 fully saturated rings. The van der Waals surface area contributed by atoms with Crippen molar-refractivity contribution in [3.05, 3.63) is 23.5 Å². The predicted octanol–water partition coefficient (Wildman–Crippen LogP) is 1.07. The zero-order valence-corrected chi connectivity index (χ0v) is 9.56. The number of aromatic nitrogens is 1. The van der Waals surface area contributed by atoms with Crippen LogP contribution in [0.5, 0.6) is 0 Å². The van der Waals surface area contributed by atoms with Crippen LogP contribution in [0.25, 0.3) is 0 Å². The zero-order valence-electron chi connectivity index (χ0n) is 9.56. The Morgan fingerprint density at radius 3 is 2.62 bits per heavy atom. The summed E-state index contributed by atoms with van der Waals surface area (Å²) in [7, 11) is 3.03. The van der Waals surface area contributed by atoms with E-state index in [1.165, 1.54) is 7.11 Å². The molecule has 1 aromatic rings. The molecule has 0 spiro atoms. The van der Waals surface area contributed by atoms with E-state index in [-0.39, 0.29) is 0 Å². The van der Waals surface area contributed by atoms with Gasteiger partial charge in [0, 0.05) is 19.2 Å². The van der Waals surface area contributed by atoms with E-state index in [1.54, 1.807) is 30.7 Å². The highest BCUT2D eigenvalue weighted by Crippen LogP contribution is 2.13. The Balaban J connectivity index is 2.88. The third-order valence-electron chi connectivity index (χ3n) is 2.56. The lowest BCUT2D eigenvalue weighted by Gasteiger charge is -2.08. The fourth-order valence-electron chi connectivity index (χ4n) is 1.47. The Morgan fingerprint density at radius 2 is 2.12 bits per heavy atom. The molecular formula is C11H15NO4. The average molecular weight is 225 g/mol. The molecule has 1 atom stereocenters. The summed E-state index contributed by atoms with van der Waals surface area (Å²) in [5, 5.41) is 8.80. The Hall–Kier alpha value is -1.78. The summed E-state index contributed by atoms with van der Waals surface area (Å²) >= 11 is 0. The molecule has 0 bridgehead atoms. The Labute approximate surface area is 93.6 Å². The van der Waals surface area contributed by atoms with E-state index in [0.717, 1.165) is 5.69 Å². The van der Waals surface area contributed by atoms with Gasteiger partial charge in [-0.25, -0.2) is 4.79 Å². The van der Waals surface area contributed by atoms with E-state index in [1.807, 2.05) is 0 Å². The summed E-state index contributed by atoms with van der Waals surface area (Å²) < 4.78 is 6.26. The van der Waals surface area contributed by atoms with Crippen molar-refractivity contribution < 1.29 is 19.4 Å². The van der Waals surface area contributed by atoms with Gasteiger partial charge in [0.25, 0.3) is 0 Å². The van der Waals surface area contributed by atoms with Gasteiger partial charge in [0.05, 0.1) is 13.0 Å². The number of esters is 1. The number of aliphatic carboxylic acids is 1. The number of rotatable bonds is 4. The van der Waals surface area contributed by atoms with Gasteiger partial charge in [-0.1, -0.05) is 6.92 Å². The second-order valence-corrected chi connectivity index (χ2v) is 3.70. The van der Waals surface area contributed by atoms with E-state index >= 15 is 0 Å². The van der Waals surface area contributed by atoms with Gasteiger partial charge in [-0.3, -0.25) is 4.79 Å². The number of ether oxygens (including phenoxy) is 1. The summed E-state index contributed by atoms with van der Waals surface area (Å²) in [5.74, 6) is -1.74. The number of methoxy groups -OCH3 is 1.